The molecule has 4 nitrogen and oxygen atoms in total. The van der Waals surface area contributed by atoms with Gasteiger partial charge in [-0.15, -0.1) is 0 Å². The second-order valence-electron chi connectivity index (χ2n) is 5.95. The molecule has 0 saturated carbocycles. The molecule has 0 unspecified atom stereocenters. The van der Waals surface area contributed by atoms with E-state index in [4.69, 9.17) is 4.74 Å². The van der Waals surface area contributed by atoms with Crippen molar-refractivity contribution >= 4 is 5.91 Å². The summed E-state index contributed by atoms with van der Waals surface area (Å²) in [5.41, 5.74) is 1.42. The Morgan fingerprint density at radius 2 is 1.96 bits per heavy atom. The summed E-state index contributed by atoms with van der Waals surface area (Å²) in [6.45, 7) is 6.47. The number of nitrogens with one attached hydrogen (secondary N) is 1. The first-order valence-electron chi connectivity index (χ1n) is 7.53. The third kappa shape index (κ3) is 3.86. The number of aromatic nitrogens is 1. The van der Waals surface area contributed by atoms with Crippen LogP contribution in [-0.4, -0.2) is 17.9 Å². The van der Waals surface area contributed by atoms with Gasteiger partial charge in [-0.05, 0) is 35.6 Å². The van der Waals surface area contributed by atoms with Crippen LogP contribution >= 0.6 is 0 Å². The van der Waals surface area contributed by atoms with Gasteiger partial charge in [0.15, 0.2) is 5.82 Å². The van der Waals surface area contributed by atoms with Crippen molar-refractivity contribution < 1.29 is 13.9 Å². The number of amides is 1. The Labute approximate surface area is 135 Å². The van der Waals surface area contributed by atoms with Crippen molar-refractivity contribution in [1.82, 2.24) is 10.3 Å². The Morgan fingerprint density at radius 3 is 2.48 bits per heavy atom. The second kappa shape index (κ2) is 6.77. The van der Waals surface area contributed by atoms with Crippen LogP contribution in [0.3, 0.4) is 0 Å². The molecule has 0 aliphatic rings. The van der Waals surface area contributed by atoms with Crippen LogP contribution in [0.25, 0.3) is 0 Å². The summed E-state index contributed by atoms with van der Waals surface area (Å²) in [7, 11) is 1.48. The number of halogens is 1. The van der Waals surface area contributed by atoms with Crippen molar-refractivity contribution in [2.24, 2.45) is 0 Å². The molecule has 0 spiro atoms. The molecule has 1 amide bonds. The van der Waals surface area contributed by atoms with Crippen LogP contribution in [0.15, 0.2) is 36.5 Å². The molecule has 1 heterocycles. The summed E-state index contributed by atoms with van der Waals surface area (Å²) in [6, 6.07) is 8.63. The lowest BCUT2D eigenvalue weighted by atomic mass is 9.82. The lowest BCUT2D eigenvalue weighted by molar-refractivity contribution is 0.0962. The maximum Gasteiger partial charge on any atom is 0.255 e. The SMILES string of the molecule is CCC(C)(C)c1ccc(Oc2ncc(C(=O)NC)cc2F)cc1. The number of benzene rings is 1. The van der Waals surface area contributed by atoms with E-state index in [1.165, 1.54) is 18.8 Å². The van der Waals surface area contributed by atoms with E-state index >= 15 is 0 Å². The first kappa shape index (κ1) is 16.9. The number of carbonyl (C=O) groups is 1. The Balaban J connectivity index is 2.18. The third-order valence-corrected chi connectivity index (χ3v) is 4.03. The molecule has 0 bridgehead atoms. The Hall–Kier alpha value is -2.43. The molecule has 0 fully saturated rings. The van der Waals surface area contributed by atoms with Crippen molar-refractivity contribution in [2.75, 3.05) is 7.05 Å². The summed E-state index contributed by atoms with van der Waals surface area (Å²) < 4.78 is 19.4. The van der Waals surface area contributed by atoms with E-state index in [0.29, 0.717) is 5.75 Å². The third-order valence-electron chi connectivity index (χ3n) is 4.03. The highest BCUT2D eigenvalue weighted by atomic mass is 19.1. The Morgan fingerprint density at radius 1 is 1.30 bits per heavy atom. The molecule has 1 aromatic carbocycles. The zero-order chi connectivity index (χ0) is 17.0. The van der Waals surface area contributed by atoms with Crippen molar-refractivity contribution in [3.8, 4) is 11.6 Å². The van der Waals surface area contributed by atoms with Crippen molar-refractivity contribution in [3.63, 3.8) is 0 Å². The van der Waals surface area contributed by atoms with Crippen LogP contribution in [0.1, 0.15) is 43.1 Å². The predicted molar refractivity (Wildman–Crippen MR) is 87.4 cm³/mol. The van der Waals surface area contributed by atoms with Gasteiger partial charge in [0.1, 0.15) is 5.75 Å². The molecule has 5 heteroatoms. The number of rotatable bonds is 5. The highest BCUT2D eigenvalue weighted by Crippen LogP contribution is 2.29. The van der Waals surface area contributed by atoms with Crippen LogP contribution < -0.4 is 10.1 Å². The number of hydrogen-bond donors (Lipinski definition) is 1. The zero-order valence-electron chi connectivity index (χ0n) is 13.8. The molecule has 1 N–H and O–H groups in total. The van der Waals surface area contributed by atoms with Gasteiger partial charge in [-0.3, -0.25) is 4.79 Å². The normalized spacial score (nSPS) is 11.2. The lowest BCUT2D eigenvalue weighted by Gasteiger charge is -2.23. The average molecular weight is 316 g/mol. The summed E-state index contributed by atoms with van der Waals surface area (Å²) in [5.74, 6) is -0.724. The van der Waals surface area contributed by atoms with E-state index < -0.39 is 11.7 Å². The van der Waals surface area contributed by atoms with Gasteiger partial charge in [0.05, 0.1) is 5.56 Å². The number of pyridine rings is 1. The Kier molecular flexibility index (Phi) is 4.98. The van der Waals surface area contributed by atoms with E-state index in [1.807, 2.05) is 12.1 Å². The summed E-state index contributed by atoms with van der Waals surface area (Å²) >= 11 is 0. The quantitative estimate of drug-likeness (QED) is 0.905. The zero-order valence-corrected chi connectivity index (χ0v) is 13.8. The number of carbonyl (C=O) groups excluding carboxylic acids is 1. The van der Waals surface area contributed by atoms with Crippen LogP contribution in [0.4, 0.5) is 4.39 Å². The van der Waals surface area contributed by atoms with Gasteiger partial charge in [-0.2, -0.15) is 0 Å². The van der Waals surface area contributed by atoms with E-state index in [9.17, 15) is 9.18 Å². The van der Waals surface area contributed by atoms with E-state index in [1.54, 1.807) is 12.1 Å². The van der Waals surface area contributed by atoms with Crippen LogP contribution in [0.5, 0.6) is 11.6 Å². The van der Waals surface area contributed by atoms with Crippen molar-refractivity contribution in [2.45, 2.75) is 32.6 Å². The van der Waals surface area contributed by atoms with Crippen molar-refractivity contribution in [3.05, 3.63) is 53.5 Å². The minimum atomic E-state index is -0.677. The van der Waals surface area contributed by atoms with Gasteiger partial charge in [0.2, 0.25) is 0 Å². The second-order valence-corrected chi connectivity index (χ2v) is 5.95. The molecule has 0 atom stereocenters. The molecule has 0 radical (unpaired) electrons. The molecule has 0 aliphatic carbocycles. The van der Waals surface area contributed by atoms with Gasteiger partial charge in [-0.1, -0.05) is 32.9 Å². The summed E-state index contributed by atoms with van der Waals surface area (Å²) in [5, 5.41) is 2.42. The fourth-order valence-corrected chi connectivity index (χ4v) is 2.06. The van der Waals surface area contributed by atoms with Crippen molar-refractivity contribution in [1.29, 1.82) is 0 Å². The maximum atomic E-state index is 14.0. The Bertz CT molecular complexity index is 697. The van der Waals surface area contributed by atoms with Gasteiger partial charge in [-0.25, -0.2) is 9.37 Å². The largest absolute Gasteiger partial charge is 0.436 e. The van der Waals surface area contributed by atoms with Gasteiger partial charge in [0.25, 0.3) is 11.8 Å². The number of ether oxygens (including phenoxy) is 1. The average Bonchev–Trinajstić information content (AvgIpc) is 2.56. The van der Waals surface area contributed by atoms with Gasteiger partial charge < -0.3 is 10.1 Å². The lowest BCUT2D eigenvalue weighted by Crippen LogP contribution is -2.18. The molecular formula is C18H21FN2O2. The molecule has 122 valence electrons. The van der Waals surface area contributed by atoms with E-state index in [0.717, 1.165) is 12.5 Å². The first-order valence-corrected chi connectivity index (χ1v) is 7.53. The first-order chi connectivity index (χ1) is 10.9. The minimum absolute atomic E-state index is 0.0805. The predicted octanol–water partition coefficient (Wildman–Crippen LogP) is 4.06. The van der Waals surface area contributed by atoms with Crippen LogP contribution in [0.2, 0.25) is 0 Å². The topological polar surface area (TPSA) is 51.2 Å². The highest BCUT2D eigenvalue weighted by molar-refractivity contribution is 5.93. The highest BCUT2D eigenvalue weighted by Gasteiger charge is 2.18. The maximum absolute atomic E-state index is 14.0. The molecule has 0 aliphatic heterocycles. The fraction of sp³-hybridized carbons (Fsp3) is 0.333. The van der Waals surface area contributed by atoms with E-state index in [2.05, 4.69) is 31.1 Å². The number of nitrogens with zero attached hydrogens (tertiary/aromatic N) is 1. The van der Waals surface area contributed by atoms with Crippen LogP contribution in [0, 0.1) is 5.82 Å². The molecule has 0 saturated heterocycles. The van der Waals surface area contributed by atoms with Gasteiger partial charge >= 0.3 is 0 Å². The summed E-state index contributed by atoms with van der Waals surface area (Å²) in [4.78, 5) is 15.3. The number of hydrogen-bond acceptors (Lipinski definition) is 3. The summed E-state index contributed by atoms with van der Waals surface area (Å²) in [6.07, 6.45) is 2.30. The van der Waals surface area contributed by atoms with E-state index in [-0.39, 0.29) is 16.9 Å². The molecule has 23 heavy (non-hydrogen) atoms. The molecular weight excluding hydrogens is 295 g/mol. The standard InChI is InChI=1S/C18H21FN2O2/c1-5-18(2,3)13-6-8-14(9-7-13)23-17-15(19)10-12(11-21-17)16(22)20-4/h6-11H,5H2,1-4H3,(H,20,22). The fourth-order valence-electron chi connectivity index (χ4n) is 2.06. The molecule has 2 aromatic rings. The minimum Gasteiger partial charge on any atom is -0.436 e. The van der Waals surface area contributed by atoms with Crippen LogP contribution in [-0.2, 0) is 5.41 Å². The molecule has 2 rings (SSSR count). The van der Waals surface area contributed by atoms with Gasteiger partial charge in [0, 0.05) is 13.2 Å². The smallest absolute Gasteiger partial charge is 0.255 e. The molecule has 1 aromatic heterocycles. The monoisotopic (exact) mass is 316 g/mol.